The van der Waals surface area contributed by atoms with Crippen molar-refractivity contribution >= 4 is 17.4 Å². The molecule has 1 amide bonds. The summed E-state index contributed by atoms with van der Waals surface area (Å²) in [5, 5.41) is 2.55. The molecule has 0 saturated carbocycles. The first-order valence-corrected chi connectivity index (χ1v) is 6.05. The van der Waals surface area contributed by atoms with E-state index in [1.807, 2.05) is 6.92 Å². The maximum atomic E-state index is 12.7. The maximum Gasteiger partial charge on any atom is 0.256 e. The number of nitrogens with zero attached hydrogens (tertiary/aromatic N) is 1. The lowest BCUT2D eigenvalue weighted by atomic mass is 10.1. The number of carbonyl (C=O) groups is 1. The highest BCUT2D eigenvalue weighted by Crippen LogP contribution is 2.22. The van der Waals surface area contributed by atoms with Gasteiger partial charge in [0.25, 0.3) is 5.91 Å². The first-order valence-electron chi connectivity index (χ1n) is 6.05. The summed E-state index contributed by atoms with van der Waals surface area (Å²) >= 11 is 0. The zero-order valence-corrected chi connectivity index (χ0v) is 10.9. The summed E-state index contributed by atoms with van der Waals surface area (Å²) in [6.45, 7) is 2.34. The van der Waals surface area contributed by atoms with Crippen molar-refractivity contribution in [2.24, 2.45) is 0 Å². The molecule has 0 fully saturated rings. The van der Waals surface area contributed by atoms with Crippen LogP contribution in [0.4, 0.5) is 15.9 Å². The number of ether oxygens (including phenoxy) is 1. The molecule has 0 spiro atoms. The molecule has 0 aliphatic heterocycles. The minimum Gasteiger partial charge on any atom is -0.492 e. The van der Waals surface area contributed by atoms with Crippen LogP contribution in [0.15, 0.2) is 36.5 Å². The molecule has 0 unspecified atom stereocenters. The first-order chi connectivity index (χ1) is 9.60. The van der Waals surface area contributed by atoms with Gasteiger partial charge in [-0.15, -0.1) is 0 Å². The number of anilines is 2. The molecule has 2 aromatic rings. The van der Waals surface area contributed by atoms with Crippen molar-refractivity contribution in [2.75, 3.05) is 17.7 Å². The second-order valence-corrected chi connectivity index (χ2v) is 4.00. The molecule has 1 heterocycles. The zero-order chi connectivity index (χ0) is 14.5. The van der Waals surface area contributed by atoms with E-state index in [-0.39, 0.29) is 11.7 Å². The second-order valence-electron chi connectivity index (χ2n) is 4.00. The van der Waals surface area contributed by atoms with Gasteiger partial charge in [-0.3, -0.25) is 4.79 Å². The topological polar surface area (TPSA) is 77.2 Å². The van der Waals surface area contributed by atoms with Gasteiger partial charge in [0.2, 0.25) is 0 Å². The smallest absolute Gasteiger partial charge is 0.256 e. The molecule has 0 aliphatic rings. The van der Waals surface area contributed by atoms with Gasteiger partial charge in [-0.2, -0.15) is 0 Å². The van der Waals surface area contributed by atoms with E-state index in [4.69, 9.17) is 10.5 Å². The number of rotatable bonds is 4. The van der Waals surface area contributed by atoms with Crippen LogP contribution in [0.5, 0.6) is 5.75 Å². The Morgan fingerprint density at radius 1 is 1.40 bits per heavy atom. The quantitative estimate of drug-likeness (QED) is 0.840. The van der Waals surface area contributed by atoms with Crippen molar-refractivity contribution in [1.29, 1.82) is 0 Å². The molecule has 0 bridgehead atoms. The van der Waals surface area contributed by atoms with Gasteiger partial charge >= 0.3 is 0 Å². The Bertz CT molecular complexity index is 614. The van der Waals surface area contributed by atoms with Crippen LogP contribution in [-0.4, -0.2) is 17.5 Å². The van der Waals surface area contributed by atoms with Gasteiger partial charge in [-0.1, -0.05) is 0 Å². The van der Waals surface area contributed by atoms with Crippen LogP contribution in [0.25, 0.3) is 0 Å². The maximum absolute atomic E-state index is 12.7. The summed E-state index contributed by atoms with van der Waals surface area (Å²) in [5.74, 6) is -0.0417. The van der Waals surface area contributed by atoms with E-state index in [0.717, 1.165) is 6.20 Å². The van der Waals surface area contributed by atoms with Gasteiger partial charge in [-0.25, -0.2) is 9.37 Å². The number of nitrogens with two attached hydrogens (primary N) is 1. The van der Waals surface area contributed by atoms with Crippen LogP contribution in [-0.2, 0) is 0 Å². The normalized spacial score (nSPS) is 10.1. The van der Waals surface area contributed by atoms with Crippen molar-refractivity contribution in [3.63, 3.8) is 0 Å². The van der Waals surface area contributed by atoms with Crippen LogP contribution < -0.4 is 15.8 Å². The summed E-state index contributed by atoms with van der Waals surface area (Å²) in [4.78, 5) is 15.7. The van der Waals surface area contributed by atoms with E-state index in [1.54, 1.807) is 12.1 Å². The van der Waals surface area contributed by atoms with Crippen LogP contribution in [0.1, 0.15) is 17.3 Å². The number of hydrogen-bond acceptors (Lipinski definition) is 4. The van der Waals surface area contributed by atoms with Crippen LogP contribution in [0, 0.1) is 5.82 Å². The summed E-state index contributed by atoms with van der Waals surface area (Å²) in [6, 6.07) is 7.34. The Balaban J connectivity index is 2.13. The highest BCUT2D eigenvalue weighted by molar-refractivity contribution is 6.04. The number of aromatic nitrogens is 1. The lowest BCUT2D eigenvalue weighted by Crippen LogP contribution is -2.13. The molecule has 0 radical (unpaired) electrons. The predicted octanol–water partition coefficient (Wildman–Crippen LogP) is 2.45. The monoisotopic (exact) mass is 275 g/mol. The number of nitrogens with one attached hydrogen (secondary N) is 1. The number of amides is 1. The molecule has 6 heteroatoms. The number of carbonyl (C=O) groups excluding carboxylic acids is 1. The van der Waals surface area contributed by atoms with Crippen molar-refractivity contribution in [3.8, 4) is 5.75 Å². The summed E-state index contributed by atoms with van der Waals surface area (Å²) < 4.78 is 18.0. The van der Waals surface area contributed by atoms with Gasteiger partial charge in [0, 0.05) is 5.56 Å². The Hall–Kier alpha value is -2.63. The second kappa shape index (κ2) is 6.01. The van der Waals surface area contributed by atoms with Crippen molar-refractivity contribution in [2.45, 2.75) is 6.92 Å². The molecule has 0 aliphatic carbocycles. The number of nitrogen functional groups attached to an aromatic ring is 1. The Morgan fingerprint density at radius 2 is 2.20 bits per heavy atom. The Kier molecular flexibility index (Phi) is 4.14. The molecule has 1 aromatic heterocycles. The number of pyridine rings is 1. The fraction of sp³-hybridized carbons (Fsp3) is 0.143. The van der Waals surface area contributed by atoms with E-state index in [1.165, 1.54) is 18.2 Å². The Labute approximate surface area is 115 Å². The fourth-order valence-corrected chi connectivity index (χ4v) is 1.61. The third kappa shape index (κ3) is 3.23. The van der Waals surface area contributed by atoms with Gasteiger partial charge in [0.15, 0.2) is 0 Å². The summed E-state index contributed by atoms with van der Waals surface area (Å²) in [7, 11) is 0. The molecule has 0 atom stereocenters. The summed E-state index contributed by atoms with van der Waals surface area (Å²) in [5.41, 5.74) is 6.54. The molecule has 2 rings (SSSR count). The molecule has 1 aromatic carbocycles. The van der Waals surface area contributed by atoms with E-state index in [2.05, 4.69) is 10.3 Å². The predicted molar refractivity (Wildman–Crippen MR) is 74.2 cm³/mol. The Morgan fingerprint density at radius 3 is 2.80 bits per heavy atom. The average Bonchev–Trinajstić information content (AvgIpc) is 2.44. The molecule has 3 N–H and O–H groups in total. The lowest BCUT2D eigenvalue weighted by Gasteiger charge is -2.09. The van der Waals surface area contributed by atoms with Gasteiger partial charge in [0.05, 0.1) is 18.5 Å². The van der Waals surface area contributed by atoms with Crippen LogP contribution >= 0.6 is 0 Å². The molecular formula is C14H14FN3O2. The van der Waals surface area contributed by atoms with Gasteiger partial charge in [0.1, 0.15) is 17.4 Å². The van der Waals surface area contributed by atoms with E-state index >= 15 is 0 Å². The highest BCUT2D eigenvalue weighted by Gasteiger charge is 2.09. The number of benzene rings is 1. The zero-order valence-electron chi connectivity index (χ0n) is 10.9. The molecular weight excluding hydrogens is 261 g/mol. The van der Waals surface area contributed by atoms with E-state index in [9.17, 15) is 9.18 Å². The van der Waals surface area contributed by atoms with Gasteiger partial charge in [-0.05, 0) is 37.3 Å². The van der Waals surface area contributed by atoms with E-state index < -0.39 is 5.82 Å². The van der Waals surface area contributed by atoms with Crippen molar-refractivity contribution < 1.29 is 13.9 Å². The number of halogens is 1. The van der Waals surface area contributed by atoms with Crippen molar-refractivity contribution in [3.05, 3.63) is 47.9 Å². The van der Waals surface area contributed by atoms with Crippen molar-refractivity contribution in [1.82, 2.24) is 4.98 Å². The van der Waals surface area contributed by atoms with Crippen LogP contribution in [0.3, 0.4) is 0 Å². The minimum absolute atomic E-state index is 0.267. The summed E-state index contributed by atoms with van der Waals surface area (Å²) in [6.07, 6.45) is 1.03. The molecule has 5 nitrogen and oxygen atoms in total. The third-order valence-electron chi connectivity index (χ3n) is 2.54. The molecule has 20 heavy (non-hydrogen) atoms. The number of hydrogen-bond donors (Lipinski definition) is 2. The molecule has 104 valence electrons. The van der Waals surface area contributed by atoms with E-state index in [0.29, 0.717) is 23.6 Å². The largest absolute Gasteiger partial charge is 0.492 e. The third-order valence-corrected chi connectivity index (χ3v) is 2.54. The highest BCUT2D eigenvalue weighted by atomic mass is 19.1. The molecule has 0 saturated heterocycles. The SMILES string of the molecule is CCOc1ccc(C(=O)Nc2ccc(F)cn2)cc1N. The van der Waals surface area contributed by atoms with Crippen LogP contribution in [0.2, 0.25) is 0 Å². The standard InChI is InChI=1S/C14H14FN3O2/c1-2-20-12-5-3-9(7-11(12)16)14(19)18-13-6-4-10(15)8-17-13/h3-8H,2,16H2,1H3,(H,17,18,19). The van der Waals surface area contributed by atoms with Gasteiger partial charge < -0.3 is 15.8 Å². The average molecular weight is 275 g/mol. The first kappa shape index (κ1) is 13.8. The minimum atomic E-state index is -0.465. The lowest BCUT2D eigenvalue weighted by molar-refractivity contribution is 0.102. The fourth-order valence-electron chi connectivity index (χ4n) is 1.61.